The van der Waals surface area contributed by atoms with Gasteiger partial charge in [0, 0.05) is 12.4 Å². The van der Waals surface area contributed by atoms with E-state index in [-0.39, 0.29) is 0 Å². The fourth-order valence-corrected chi connectivity index (χ4v) is 1.54. The minimum absolute atomic E-state index is 1.23. The molecule has 0 fully saturated rings. The summed E-state index contributed by atoms with van der Waals surface area (Å²) in [4.78, 5) is 0. The minimum atomic E-state index is 1.23. The van der Waals surface area contributed by atoms with Crippen molar-refractivity contribution >= 4 is 6.20 Å². The lowest BCUT2D eigenvalue weighted by Crippen LogP contribution is -1.86. The van der Waals surface area contributed by atoms with Crippen molar-refractivity contribution < 1.29 is 0 Å². The molecular formula is C13H13N. The smallest absolute Gasteiger partial charge is 0.0522 e. The number of rotatable bonds is 2. The summed E-state index contributed by atoms with van der Waals surface area (Å²) in [5.41, 5.74) is 2.47. The largest absolute Gasteiger partial charge is 0.324 e. The van der Waals surface area contributed by atoms with Gasteiger partial charge in [-0.2, -0.15) is 0 Å². The number of hydrogen-bond donors (Lipinski definition) is 0. The predicted octanol–water partition coefficient (Wildman–Crippen LogP) is 3.65. The van der Waals surface area contributed by atoms with E-state index in [0.29, 0.717) is 0 Å². The predicted molar refractivity (Wildman–Crippen MR) is 60.9 cm³/mol. The maximum Gasteiger partial charge on any atom is 0.0522 e. The zero-order valence-corrected chi connectivity index (χ0v) is 8.22. The Hall–Kier alpha value is -1.76. The summed E-state index contributed by atoms with van der Waals surface area (Å²) in [5.74, 6) is 0. The Bertz CT molecular complexity index is 424. The van der Waals surface area contributed by atoms with Gasteiger partial charge in [0.2, 0.25) is 0 Å². The molecule has 1 heterocycles. The summed E-state index contributed by atoms with van der Waals surface area (Å²) in [7, 11) is 0. The van der Waals surface area contributed by atoms with Crippen LogP contribution in [0.2, 0.25) is 0 Å². The maximum absolute atomic E-state index is 2.12. The van der Waals surface area contributed by atoms with Crippen molar-refractivity contribution in [2.75, 3.05) is 0 Å². The standard InChI is InChI=1S/C13H13N/c1-2-10-14-11-6-9-13(14)12-7-4-3-5-8-12/h2-11H,1H3. The minimum Gasteiger partial charge on any atom is -0.324 e. The first-order valence-corrected chi connectivity index (χ1v) is 4.77. The van der Waals surface area contributed by atoms with Crippen molar-refractivity contribution in [2.24, 2.45) is 0 Å². The first-order chi connectivity index (χ1) is 6.92. The van der Waals surface area contributed by atoms with Crippen LogP contribution in [-0.2, 0) is 0 Å². The van der Waals surface area contributed by atoms with Gasteiger partial charge in [-0.25, -0.2) is 0 Å². The molecule has 0 aliphatic carbocycles. The second kappa shape index (κ2) is 3.97. The summed E-state index contributed by atoms with van der Waals surface area (Å²) in [6.07, 6.45) is 6.15. The molecule has 0 spiro atoms. The van der Waals surface area contributed by atoms with Crippen LogP contribution in [0.4, 0.5) is 0 Å². The highest BCUT2D eigenvalue weighted by Gasteiger charge is 1.99. The third-order valence-electron chi connectivity index (χ3n) is 2.16. The Morgan fingerprint density at radius 3 is 2.50 bits per heavy atom. The average Bonchev–Trinajstić information content (AvgIpc) is 2.68. The van der Waals surface area contributed by atoms with Gasteiger partial charge in [-0.1, -0.05) is 36.4 Å². The Morgan fingerprint density at radius 1 is 1.00 bits per heavy atom. The van der Waals surface area contributed by atoms with E-state index in [1.807, 2.05) is 19.1 Å². The van der Waals surface area contributed by atoms with Crippen LogP contribution in [0.25, 0.3) is 17.5 Å². The maximum atomic E-state index is 2.12. The Labute approximate surface area is 84.3 Å². The van der Waals surface area contributed by atoms with Crippen LogP contribution >= 0.6 is 0 Å². The van der Waals surface area contributed by atoms with Crippen LogP contribution in [0.5, 0.6) is 0 Å². The molecule has 0 atom stereocenters. The third kappa shape index (κ3) is 1.62. The fourth-order valence-electron chi connectivity index (χ4n) is 1.54. The molecule has 0 saturated heterocycles. The van der Waals surface area contributed by atoms with Gasteiger partial charge >= 0.3 is 0 Å². The molecule has 0 radical (unpaired) electrons. The Balaban J connectivity index is 2.47. The van der Waals surface area contributed by atoms with Gasteiger partial charge in [-0.05, 0) is 24.6 Å². The van der Waals surface area contributed by atoms with E-state index < -0.39 is 0 Å². The second-order valence-electron chi connectivity index (χ2n) is 3.15. The van der Waals surface area contributed by atoms with Crippen LogP contribution in [0, 0.1) is 0 Å². The fraction of sp³-hybridized carbons (Fsp3) is 0.0769. The van der Waals surface area contributed by atoms with Crippen molar-refractivity contribution in [1.29, 1.82) is 0 Å². The number of aromatic nitrogens is 1. The van der Waals surface area contributed by atoms with Gasteiger partial charge in [-0.15, -0.1) is 0 Å². The highest BCUT2D eigenvalue weighted by atomic mass is 14.9. The van der Waals surface area contributed by atoms with E-state index in [2.05, 4.69) is 53.4 Å². The van der Waals surface area contributed by atoms with Gasteiger partial charge in [0.1, 0.15) is 0 Å². The molecular weight excluding hydrogens is 170 g/mol. The average molecular weight is 183 g/mol. The SMILES string of the molecule is CC=Cn1cccc1-c1ccccc1. The van der Waals surface area contributed by atoms with E-state index in [1.165, 1.54) is 11.3 Å². The van der Waals surface area contributed by atoms with Gasteiger partial charge < -0.3 is 4.57 Å². The van der Waals surface area contributed by atoms with Gasteiger partial charge in [0.15, 0.2) is 0 Å². The van der Waals surface area contributed by atoms with Crippen LogP contribution < -0.4 is 0 Å². The molecule has 0 N–H and O–H groups in total. The van der Waals surface area contributed by atoms with Crippen LogP contribution in [0.15, 0.2) is 54.7 Å². The molecule has 0 aliphatic rings. The summed E-state index contributed by atoms with van der Waals surface area (Å²) in [6, 6.07) is 14.6. The van der Waals surface area contributed by atoms with E-state index >= 15 is 0 Å². The van der Waals surface area contributed by atoms with E-state index in [1.54, 1.807) is 0 Å². The van der Waals surface area contributed by atoms with Gasteiger partial charge in [-0.3, -0.25) is 0 Å². The second-order valence-corrected chi connectivity index (χ2v) is 3.15. The topological polar surface area (TPSA) is 4.93 Å². The van der Waals surface area contributed by atoms with Crippen molar-refractivity contribution in [2.45, 2.75) is 6.92 Å². The molecule has 0 unspecified atom stereocenters. The lowest BCUT2D eigenvalue weighted by molar-refractivity contribution is 1.17. The molecule has 0 aliphatic heterocycles. The number of benzene rings is 1. The van der Waals surface area contributed by atoms with Crippen molar-refractivity contribution in [3.05, 3.63) is 54.7 Å². The van der Waals surface area contributed by atoms with Gasteiger partial charge in [0.25, 0.3) is 0 Å². The molecule has 0 amide bonds. The normalized spacial score (nSPS) is 10.9. The van der Waals surface area contributed by atoms with Crippen molar-refractivity contribution in [3.63, 3.8) is 0 Å². The van der Waals surface area contributed by atoms with Crippen LogP contribution in [0.3, 0.4) is 0 Å². The first-order valence-electron chi connectivity index (χ1n) is 4.77. The quantitative estimate of drug-likeness (QED) is 0.669. The van der Waals surface area contributed by atoms with Crippen molar-refractivity contribution in [3.8, 4) is 11.3 Å². The lowest BCUT2D eigenvalue weighted by atomic mass is 10.1. The number of nitrogens with zero attached hydrogens (tertiary/aromatic N) is 1. The zero-order valence-electron chi connectivity index (χ0n) is 8.22. The Kier molecular flexibility index (Phi) is 2.50. The number of allylic oxidation sites excluding steroid dienone is 1. The third-order valence-corrected chi connectivity index (χ3v) is 2.16. The van der Waals surface area contributed by atoms with E-state index in [0.717, 1.165) is 0 Å². The summed E-state index contributed by atoms with van der Waals surface area (Å²) in [6.45, 7) is 2.02. The van der Waals surface area contributed by atoms with Gasteiger partial charge in [0.05, 0.1) is 5.69 Å². The van der Waals surface area contributed by atoms with Crippen LogP contribution in [0.1, 0.15) is 6.92 Å². The zero-order chi connectivity index (χ0) is 9.80. The molecule has 1 aromatic heterocycles. The molecule has 70 valence electrons. The summed E-state index contributed by atoms with van der Waals surface area (Å²) in [5, 5.41) is 0. The molecule has 14 heavy (non-hydrogen) atoms. The molecule has 0 bridgehead atoms. The number of hydrogen-bond acceptors (Lipinski definition) is 0. The van der Waals surface area contributed by atoms with E-state index in [9.17, 15) is 0 Å². The van der Waals surface area contributed by atoms with Crippen molar-refractivity contribution in [1.82, 2.24) is 4.57 Å². The lowest BCUT2D eigenvalue weighted by Gasteiger charge is -2.03. The highest BCUT2D eigenvalue weighted by Crippen LogP contribution is 2.19. The first kappa shape index (κ1) is 8.82. The summed E-state index contributed by atoms with van der Waals surface area (Å²) < 4.78 is 2.12. The Morgan fingerprint density at radius 2 is 1.79 bits per heavy atom. The molecule has 1 nitrogen and oxygen atoms in total. The van der Waals surface area contributed by atoms with Crippen LogP contribution in [-0.4, -0.2) is 4.57 Å². The summed E-state index contributed by atoms with van der Waals surface area (Å²) >= 11 is 0. The molecule has 0 saturated carbocycles. The molecule has 2 aromatic rings. The molecule has 1 aromatic carbocycles. The molecule has 2 rings (SSSR count). The monoisotopic (exact) mass is 183 g/mol. The van der Waals surface area contributed by atoms with E-state index in [4.69, 9.17) is 0 Å². The molecule has 1 heteroatoms. The highest BCUT2D eigenvalue weighted by molar-refractivity contribution is 5.62.